The Morgan fingerprint density at radius 1 is 0.273 bits per heavy atom. The van der Waals surface area contributed by atoms with E-state index in [1.165, 1.54) is 173 Å². The van der Waals surface area contributed by atoms with E-state index in [-0.39, 0.29) is 0 Å². The average molecular weight is 1060 g/mol. The molecule has 3 aliphatic heterocycles. The summed E-state index contributed by atoms with van der Waals surface area (Å²) >= 11 is 0. The molecule has 6 rings (SSSR count). The molecule has 6 heterocycles. The van der Waals surface area contributed by atoms with Crippen molar-refractivity contribution < 1.29 is 0 Å². The standard InChI is InChI=1S/C60H105N17/c1-4-7-10-13-16-19-22-25-28-31-40-75-58-52-64-37-46-73-43-34-61-49-55-67-59(76(70-55)41-32-29-26-23-20-17-14-11-8-5-2)53-65-38-47-74(45-36-63-51-57(69-58)72-75)48-39-66-54-60-68-56(50-62-35-44-73)71-77(60)42-33-30-27-24-21-18-15-12-9-6-3/h49-54H,4-48H2,1-3H3. The van der Waals surface area contributed by atoms with E-state index in [2.05, 4.69) is 30.6 Å². The van der Waals surface area contributed by atoms with E-state index < -0.39 is 0 Å². The van der Waals surface area contributed by atoms with Crippen molar-refractivity contribution in [3.63, 3.8) is 0 Å². The van der Waals surface area contributed by atoms with Crippen LogP contribution in [0.3, 0.4) is 0 Å². The van der Waals surface area contributed by atoms with Gasteiger partial charge < -0.3 is 0 Å². The average Bonchev–Trinajstić information content (AvgIpc) is 4.15. The Labute approximate surface area is 466 Å². The summed E-state index contributed by atoms with van der Waals surface area (Å²) in [6, 6.07) is 0. The molecule has 0 spiro atoms. The van der Waals surface area contributed by atoms with Crippen LogP contribution in [0.4, 0.5) is 0 Å². The molecule has 430 valence electrons. The van der Waals surface area contributed by atoms with Crippen molar-refractivity contribution in [2.75, 3.05) is 78.5 Å². The van der Waals surface area contributed by atoms with E-state index >= 15 is 0 Å². The van der Waals surface area contributed by atoms with Gasteiger partial charge in [0.25, 0.3) is 0 Å². The molecule has 3 aromatic heterocycles. The third-order valence-electron chi connectivity index (χ3n) is 14.8. The fraction of sp³-hybridized carbons (Fsp3) is 0.800. The lowest BCUT2D eigenvalue weighted by Crippen LogP contribution is -2.31. The minimum absolute atomic E-state index is 0.600. The van der Waals surface area contributed by atoms with E-state index in [0.29, 0.717) is 56.7 Å². The molecule has 17 nitrogen and oxygen atoms in total. The summed E-state index contributed by atoms with van der Waals surface area (Å²) in [5, 5.41) is 14.8. The molecular weight excluding hydrogens is 959 g/mol. The maximum atomic E-state index is 4.95. The third kappa shape index (κ3) is 28.7. The molecule has 17 heteroatoms. The largest absolute Gasteiger partial charge is 0.298 e. The molecule has 0 fully saturated rings. The first kappa shape index (κ1) is 63.2. The molecule has 0 saturated carbocycles. The zero-order valence-electron chi connectivity index (χ0n) is 48.9. The monoisotopic (exact) mass is 1060 g/mol. The number of hydrogen-bond donors (Lipinski definition) is 0. The van der Waals surface area contributed by atoms with Gasteiger partial charge in [-0.05, 0) is 19.3 Å². The van der Waals surface area contributed by atoms with Crippen LogP contribution in [-0.4, -0.2) is 170 Å². The number of aromatic nitrogens is 9. The topological polar surface area (TPSA) is 173 Å². The molecule has 77 heavy (non-hydrogen) atoms. The van der Waals surface area contributed by atoms with Crippen LogP contribution in [0.1, 0.15) is 248 Å². The molecule has 0 N–H and O–H groups in total. The SMILES string of the molecule is CCCCCCCCCCCCn1nc2nc1C=NCCN1CCN=Cc3nc(n(CCCCCCCCCCCC)n3)C=NCCN(CCN=C2)CCN=Cc2nc(n(CCCCCCCCCCCC)n2)C=NCC1. The van der Waals surface area contributed by atoms with Crippen LogP contribution in [0.5, 0.6) is 0 Å². The van der Waals surface area contributed by atoms with Crippen molar-refractivity contribution >= 4 is 37.3 Å². The van der Waals surface area contributed by atoms with Crippen LogP contribution in [0, 0.1) is 0 Å². The number of hydrogen-bond acceptors (Lipinski definition) is 14. The number of unbranched alkanes of at least 4 members (excludes halogenated alkanes) is 27. The highest BCUT2D eigenvalue weighted by molar-refractivity contribution is 5.80. The second-order valence-electron chi connectivity index (χ2n) is 21.6. The number of fused-ring (bicyclic) bond motifs is 12. The van der Waals surface area contributed by atoms with Gasteiger partial charge in [0.1, 0.15) is 0 Å². The van der Waals surface area contributed by atoms with Crippen molar-refractivity contribution in [3.05, 3.63) is 34.9 Å². The highest BCUT2D eigenvalue weighted by Crippen LogP contribution is 2.15. The van der Waals surface area contributed by atoms with Gasteiger partial charge in [-0.15, -0.1) is 15.3 Å². The molecule has 8 bridgehead atoms. The lowest BCUT2D eigenvalue weighted by atomic mass is 10.1. The molecule has 0 atom stereocenters. The van der Waals surface area contributed by atoms with Gasteiger partial charge in [0.05, 0.1) is 76.6 Å². The van der Waals surface area contributed by atoms with Gasteiger partial charge in [0.2, 0.25) is 0 Å². The van der Waals surface area contributed by atoms with Crippen LogP contribution in [0.25, 0.3) is 0 Å². The fourth-order valence-electron chi connectivity index (χ4n) is 10.1. The molecule has 0 aromatic carbocycles. The molecule has 0 aliphatic carbocycles. The van der Waals surface area contributed by atoms with E-state index in [4.69, 9.17) is 60.2 Å². The summed E-state index contributed by atoms with van der Waals surface area (Å²) < 4.78 is 6.08. The quantitative estimate of drug-likeness (QED) is 0.0542. The first-order valence-electron chi connectivity index (χ1n) is 31.4. The van der Waals surface area contributed by atoms with Crippen molar-refractivity contribution in [2.24, 2.45) is 30.0 Å². The van der Waals surface area contributed by atoms with Gasteiger partial charge in [0.15, 0.2) is 34.9 Å². The highest BCUT2D eigenvalue weighted by atomic mass is 15.4. The normalized spacial score (nSPS) is 17.0. The lowest BCUT2D eigenvalue weighted by Gasteiger charge is -2.19. The summed E-state index contributed by atoms with van der Waals surface area (Å²) in [6.07, 6.45) is 50.0. The Balaban J connectivity index is 1.30. The first-order valence-corrected chi connectivity index (χ1v) is 31.4. The van der Waals surface area contributed by atoms with Crippen LogP contribution in [0.15, 0.2) is 30.0 Å². The lowest BCUT2D eigenvalue weighted by molar-refractivity contribution is 0.298. The minimum Gasteiger partial charge on any atom is -0.298 e. The molecule has 0 amide bonds. The second kappa shape index (κ2) is 42.3. The van der Waals surface area contributed by atoms with Gasteiger partial charge in [-0.1, -0.05) is 194 Å². The predicted octanol–water partition coefficient (Wildman–Crippen LogP) is 11.8. The van der Waals surface area contributed by atoms with Crippen molar-refractivity contribution in [2.45, 2.75) is 233 Å². The van der Waals surface area contributed by atoms with Gasteiger partial charge in [-0.2, -0.15) is 0 Å². The van der Waals surface area contributed by atoms with Crippen LogP contribution in [0.2, 0.25) is 0 Å². The smallest absolute Gasteiger partial charge is 0.192 e. The van der Waals surface area contributed by atoms with Crippen molar-refractivity contribution in [1.29, 1.82) is 0 Å². The van der Waals surface area contributed by atoms with E-state index in [1.54, 1.807) is 0 Å². The number of rotatable bonds is 33. The summed E-state index contributed by atoms with van der Waals surface area (Å²) in [6.45, 7) is 17.4. The summed E-state index contributed by atoms with van der Waals surface area (Å²) in [4.78, 5) is 49.0. The Kier molecular flexibility index (Phi) is 34.7. The van der Waals surface area contributed by atoms with Crippen molar-refractivity contribution in [3.8, 4) is 0 Å². The summed E-state index contributed by atoms with van der Waals surface area (Å²) in [5.41, 5.74) is 0. The molecule has 3 aliphatic rings. The van der Waals surface area contributed by atoms with Gasteiger partial charge >= 0.3 is 0 Å². The zero-order chi connectivity index (χ0) is 53.9. The van der Waals surface area contributed by atoms with Crippen molar-refractivity contribution in [1.82, 2.24) is 54.1 Å². The fourth-order valence-corrected chi connectivity index (χ4v) is 10.1. The molecule has 0 radical (unpaired) electrons. The molecule has 3 aromatic rings. The Hall–Kier alpha value is -4.64. The second-order valence-corrected chi connectivity index (χ2v) is 21.6. The number of nitrogens with zero attached hydrogens (tertiary/aromatic N) is 17. The predicted molar refractivity (Wildman–Crippen MR) is 323 cm³/mol. The highest BCUT2D eigenvalue weighted by Gasteiger charge is 2.13. The van der Waals surface area contributed by atoms with Crippen LogP contribution < -0.4 is 0 Å². The number of aryl methyl sites for hydroxylation is 3. The molecular formula is C60H105N17. The van der Waals surface area contributed by atoms with Gasteiger partial charge in [-0.3, -0.25) is 39.8 Å². The van der Waals surface area contributed by atoms with Crippen LogP contribution in [-0.2, 0) is 19.6 Å². The van der Waals surface area contributed by atoms with Crippen LogP contribution >= 0.6 is 0 Å². The summed E-state index contributed by atoms with van der Waals surface area (Å²) in [5.74, 6) is 4.23. The first-order chi connectivity index (χ1) is 38.1. The maximum Gasteiger partial charge on any atom is 0.192 e. The summed E-state index contributed by atoms with van der Waals surface area (Å²) in [7, 11) is 0. The Morgan fingerprint density at radius 2 is 0.481 bits per heavy atom. The Morgan fingerprint density at radius 3 is 0.714 bits per heavy atom. The van der Waals surface area contributed by atoms with Gasteiger partial charge in [0, 0.05) is 58.9 Å². The third-order valence-corrected chi connectivity index (χ3v) is 14.8. The Bertz CT molecular complexity index is 2010. The van der Waals surface area contributed by atoms with E-state index in [1.807, 2.05) is 51.3 Å². The zero-order valence-corrected chi connectivity index (χ0v) is 48.9. The minimum atomic E-state index is 0.600. The molecule has 0 saturated heterocycles. The van der Waals surface area contributed by atoms with E-state index in [9.17, 15) is 0 Å². The van der Waals surface area contributed by atoms with Gasteiger partial charge in [-0.25, -0.2) is 29.0 Å². The maximum absolute atomic E-state index is 4.95. The number of aliphatic imine (C=N–C) groups is 6. The van der Waals surface area contributed by atoms with E-state index in [0.717, 1.165) is 95.6 Å². The molecule has 0 unspecified atom stereocenters.